The van der Waals surface area contributed by atoms with Crippen molar-refractivity contribution in [3.8, 4) is 0 Å². The molecule has 1 amide bonds. The lowest BCUT2D eigenvalue weighted by molar-refractivity contribution is -0.132. The quantitative estimate of drug-likeness (QED) is 0.607. The van der Waals surface area contributed by atoms with E-state index in [4.69, 9.17) is 10.5 Å². The third kappa shape index (κ3) is 4.85. The normalized spacial score (nSPS) is 12.6. The molecule has 0 fully saturated rings. The van der Waals surface area contributed by atoms with Crippen LogP contribution in [0.3, 0.4) is 0 Å². The van der Waals surface area contributed by atoms with Gasteiger partial charge in [-0.3, -0.25) is 4.79 Å². The van der Waals surface area contributed by atoms with Gasteiger partial charge in [0.1, 0.15) is 0 Å². The molecule has 0 radical (unpaired) electrons. The van der Waals surface area contributed by atoms with E-state index in [1.165, 1.54) is 0 Å². The molecule has 0 saturated carbocycles. The number of nitrogens with zero attached hydrogens (tertiary/aromatic N) is 1. The predicted molar refractivity (Wildman–Crippen MR) is 52.4 cm³/mol. The van der Waals surface area contributed by atoms with E-state index in [0.717, 1.165) is 0 Å². The predicted octanol–water partition coefficient (Wildman–Crippen LogP) is 0.219. The monoisotopic (exact) mass is 188 g/mol. The Hall–Kier alpha value is -0.610. The maximum absolute atomic E-state index is 11.4. The third-order valence-corrected chi connectivity index (χ3v) is 1.91. The van der Waals surface area contributed by atoms with Crippen molar-refractivity contribution in [3.63, 3.8) is 0 Å². The van der Waals surface area contributed by atoms with Crippen molar-refractivity contribution in [1.82, 2.24) is 4.90 Å². The van der Waals surface area contributed by atoms with Crippen molar-refractivity contribution in [1.29, 1.82) is 0 Å². The van der Waals surface area contributed by atoms with Crippen molar-refractivity contribution in [3.05, 3.63) is 0 Å². The second-order valence-electron chi connectivity index (χ2n) is 2.97. The van der Waals surface area contributed by atoms with Gasteiger partial charge in [0.25, 0.3) is 0 Å². The standard InChI is InChI=1S/C9H20N2O2/c1-4-8(10)9(12)11(3)6-7-13-5-2/h8H,4-7,10H2,1-3H3/t8-/m1/s1. The van der Waals surface area contributed by atoms with Crippen LogP contribution in [0.4, 0.5) is 0 Å². The van der Waals surface area contributed by atoms with Crippen LogP contribution in [0.15, 0.2) is 0 Å². The number of likely N-dealkylation sites (N-methyl/N-ethyl adjacent to an activating group) is 1. The summed E-state index contributed by atoms with van der Waals surface area (Å²) in [6.45, 7) is 5.70. The van der Waals surface area contributed by atoms with Gasteiger partial charge in [-0.2, -0.15) is 0 Å². The van der Waals surface area contributed by atoms with Crippen LogP contribution in [-0.4, -0.2) is 43.7 Å². The Morgan fingerprint density at radius 2 is 2.15 bits per heavy atom. The van der Waals surface area contributed by atoms with Gasteiger partial charge in [-0.05, 0) is 13.3 Å². The lowest BCUT2D eigenvalue weighted by Crippen LogP contribution is -2.42. The smallest absolute Gasteiger partial charge is 0.239 e. The highest BCUT2D eigenvalue weighted by atomic mass is 16.5. The van der Waals surface area contributed by atoms with E-state index in [-0.39, 0.29) is 11.9 Å². The molecule has 13 heavy (non-hydrogen) atoms. The van der Waals surface area contributed by atoms with Crippen LogP contribution >= 0.6 is 0 Å². The summed E-state index contributed by atoms with van der Waals surface area (Å²) in [5, 5.41) is 0. The Morgan fingerprint density at radius 1 is 1.54 bits per heavy atom. The Balaban J connectivity index is 3.69. The summed E-state index contributed by atoms with van der Waals surface area (Å²) in [6.07, 6.45) is 0.678. The topological polar surface area (TPSA) is 55.6 Å². The second-order valence-corrected chi connectivity index (χ2v) is 2.97. The first-order valence-corrected chi connectivity index (χ1v) is 4.71. The van der Waals surface area contributed by atoms with E-state index in [1.807, 2.05) is 13.8 Å². The molecule has 0 aromatic carbocycles. The third-order valence-electron chi connectivity index (χ3n) is 1.91. The highest BCUT2D eigenvalue weighted by molar-refractivity contribution is 5.81. The first-order chi connectivity index (χ1) is 6.13. The molecule has 0 aliphatic carbocycles. The van der Waals surface area contributed by atoms with Gasteiger partial charge in [0.05, 0.1) is 12.6 Å². The largest absolute Gasteiger partial charge is 0.380 e. The molecule has 0 aliphatic heterocycles. The number of carbonyl (C=O) groups excluding carboxylic acids is 1. The highest BCUT2D eigenvalue weighted by Crippen LogP contribution is 1.93. The van der Waals surface area contributed by atoms with Gasteiger partial charge < -0.3 is 15.4 Å². The highest BCUT2D eigenvalue weighted by Gasteiger charge is 2.15. The van der Waals surface area contributed by atoms with Gasteiger partial charge in [0, 0.05) is 20.2 Å². The maximum atomic E-state index is 11.4. The fourth-order valence-electron chi connectivity index (χ4n) is 0.914. The first kappa shape index (κ1) is 12.4. The van der Waals surface area contributed by atoms with Crippen molar-refractivity contribution >= 4 is 5.91 Å². The molecule has 0 rings (SSSR count). The van der Waals surface area contributed by atoms with E-state index >= 15 is 0 Å². The molecule has 0 aromatic rings. The summed E-state index contributed by atoms with van der Waals surface area (Å²) < 4.78 is 5.13. The molecule has 4 nitrogen and oxygen atoms in total. The Morgan fingerprint density at radius 3 is 2.62 bits per heavy atom. The average molecular weight is 188 g/mol. The van der Waals surface area contributed by atoms with Crippen LogP contribution in [0.1, 0.15) is 20.3 Å². The average Bonchev–Trinajstić information content (AvgIpc) is 2.15. The SMILES string of the molecule is CCOCCN(C)C(=O)[C@H](N)CC. The van der Waals surface area contributed by atoms with Gasteiger partial charge >= 0.3 is 0 Å². The summed E-state index contributed by atoms with van der Waals surface area (Å²) >= 11 is 0. The van der Waals surface area contributed by atoms with Gasteiger partial charge in [-0.1, -0.05) is 6.92 Å². The lowest BCUT2D eigenvalue weighted by atomic mass is 10.2. The Kier molecular flexibility index (Phi) is 6.54. The Labute approximate surface area is 80.0 Å². The van der Waals surface area contributed by atoms with Crippen LogP contribution in [0, 0.1) is 0 Å². The molecule has 0 bridgehead atoms. The molecule has 0 saturated heterocycles. The van der Waals surface area contributed by atoms with E-state index in [0.29, 0.717) is 26.2 Å². The van der Waals surface area contributed by atoms with Gasteiger partial charge in [-0.15, -0.1) is 0 Å². The molecule has 4 heteroatoms. The van der Waals surface area contributed by atoms with E-state index in [2.05, 4.69) is 0 Å². The minimum Gasteiger partial charge on any atom is -0.380 e. The molecule has 0 spiro atoms. The summed E-state index contributed by atoms with van der Waals surface area (Å²) in [5.41, 5.74) is 5.59. The van der Waals surface area contributed by atoms with Crippen LogP contribution in [0.25, 0.3) is 0 Å². The van der Waals surface area contributed by atoms with E-state index < -0.39 is 0 Å². The molecule has 0 heterocycles. The van der Waals surface area contributed by atoms with Crippen LogP contribution in [0.2, 0.25) is 0 Å². The molecule has 0 unspecified atom stereocenters. The van der Waals surface area contributed by atoms with Crippen molar-refractivity contribution in [2.45, 2.75) is 26.3 Å². The zero-order valence-corrected chi connectivity index (χ0v) is 8.75. The fourth-order valence-corrected chi connectivity index (χ4v) is 0.914. The van der Waals surface area contributed by atoms with Crippen LogP contribution in [-0.2, 0) is 9.53 Å². The van der Waals surface area contributed by atoms with Crippen molar-refractivity contribution in [2.75, 3.05) is 26.8 Å². The molecule has 78 valence electrons. The zero-order chi connectivity index (χ0) is 10.3. The maximum Gasteiger partial charge on any atom is 0.239 e. The molecule has 1 atom stereocenters. The molecule has 2 N–H and O–H groups in total. The number of ether oxygens (including phenoxy) is 1. The number of amides is 1. The summed E-state index contributed by atoms with van der Waals surface area (Å²) in [4.78, 5) is 13.0. The number of hydrogen-bond donors (Lipinski definition) is 1. The fraction of sp³-hybridized carbons (Fsp3) is 0.889. The number of nitrogens with two attached hydrogens (primary N) is 1. The number of hydrogen-bond acceptors (Lipinski definition) is 3. The Bertz CT molecular complexity index is 151. The van der Waals surface area contributed by atoms with Crippen molar-refractivity contribution < 1.29 is 9.53 Å². The van der Waals surface area contributed by atoms with Crippen LogP contribution < -0.4 is 5.73 Å². The minimum atomic E-state index is -0.369. The van der Waals surface area contributed by atoms with Gasteiger partial charge in [0.2, 0.25) is 5.91 Å². The molecule has 0 aromatic heterocycles. The van der Waals surface area contributed by atoms with Gasteiger partial charge in [-0.25, -0.2) is 0 Å². The van der Waals surface area contributed by atoms with E-state index in [1.54, 1.807) is 11.9 Å². The number of rotatable bonds is 6. The van der Waals surface area contributed by atoms with Crippen LogP contribution in [0.5, 0.6) is 0 Å². The summed E-state index contributed by atoms with van der Waals surface area (Å²) in [6, 6.07) is -0.369. The van der Waals surface area contributed by atoms with E-state index in [9.17, 15) is 4.79 Å². The molecular formula is C9H20N2O2. The van der Waals surface area contributed by atoms with Crippen molar-refractivity contribution in [2.24, 2.45) is 5.73 Å². The lowest BCUT2D eigenvalue weighted by Gasteiger charge is -2.20. The second kappa shape index (κ2) is 6.86. The molecule has 0 aliphatic rings. The first-order valence-electron chi connectivity index (χ1n) is 4.71. The zero-order valence-electron chi connectivity index (χ0n) is 8.75. The molecular weight excluding hydrogens is 168 g/mol. The van der Waals surface area contributed by atoms with Gasteiger partial charge in [0.15, 0.2) is 0 Å². The summed E-state index contributed by atoms with van der Waals surface area (Å²) in [5.74, 6) is -0.0118. The number of carbonyl (C=O) groups is 1. The minimum absolute atomic E-state index is 0.0118. The summed E-state index contributed by atoms with van der Waals surface area (Å²) in [7, 11) is 1.75.